The molecule has 3 aromatic rings. The topological polar surface area (TPSA) is 88.7 Å². The average molecular weight is 359 g/mol. The highest BCUT2D eigenvalue weighted by atomic mass is 32.1. The molecule has 0 unspecified atom stereocenters. The molecular formula is C17H17N3O4S. The van der Waals surface area contributed by atoms with Gasteiger partial charge in [0.15, 0.2) is 11.5 Å². The number of hydrogen-bond acceptors (Lipinski definition) is 7. The molecule has 1 fully saturated rings. The summed E-state index contributed by atoms with van der Waals surface area (Å²) in [6.07, 6.45) is 0.140. The normalized spacial score (nSPS) is 17.4. The number of benzene rings is 1. The Hall–Kier alpha value is -2.45. The second-order valence-corrected chi connectivity index (χ2v) is 7.26. The second kappa shape index (κ2) is 6.45. The molecule has 2 aromatic heterocycles. The van der Waals surface area contributed by atoms with Crippen LogP contribution in [0.3, 0.4) is 0 Å². The van der Waals surface area contributed by atoms with Gasteiger partial charge in [0.2, 0.25) is 0 Å². The molecule has 1 aromatic carbocycles. The number of amides is 1. The van der Waals surface area contributed by atoms with Gasteiger partial charge in [0.25, 0.3) is 5.91 Å². The van der Waals surface area contributed by atoms with E-state index in [2.05, 4.69) is 10.1 Å². The number of β-amino-alcohol motifs (C(OH)–C–C–N with tert-alkyl or cyclic N) is 1. The first-order valence-corrected chi connectivity index (χ1v) is 8.83. The molecule has 1 aliphatic heterocycles. The summed E-state index contributed by atoms with van der Waals surface area (Å²) in [5, 5.41) is 14.3. The van der Waals surface area contributed by atoms with Crippen LogP contribution in [0.2, 0.25) is 0 Å². The van der Waals surface area contributed by atoms with Gasteiger partial charge in [-0.15, -0.1) is 11.3 Å². The summed E-state index contributed by atoms with van der Waals surface area (Å²) in [6, 6.07) is 7.32. The Kier molecular flexibility index (Phi) is 4.14. The number of nitrogens with zero attached hydrogens (tertiary/aromatic N) is 3. The minimum Gasteiger partial charge on any atom is -0.485 e. The molecule has 1 aliphatic rings. The van der Waals surface area contributed by atoms with Crippen molar-refractivity contribution in [2.75, 3.05) is 13.1 Å². The summed E-state index contributed by atoms with van der Waals surface area (Å²) < 4.78 is 12.0. The molecule has 130 valence electrons. The molecule has 8 heteroatoms. The maximum absolute atomic E-state index is 12.3. The highest BCUT2D eigenvalue weighted by Gasteiger charge is 2.27. The van der Waals surface area contributed by atoms with Crippen LogP contribution in [-0.4, -0.2) is 45.2 Å². The van der Waals surface area contributed by atoms with Crippen LogP contribution in [0.25, 0.3) is 10.2 Å². The van der Waals surface area contributed by atoms with Crippen molar-refractivity contribution in [1.29, 1.82) is 0 Å². The zero-order valence-corrected chi connectivity index (χ0v) is 14.5. The Bertz CT molecular complexity index is 920. The van der Waals surface area contributed by atoms with Gasteiger partial charge in [-0.1, -0.05) is 5.16 Å². The molecule has 1 atom stereocenters. The van der Waals surface area contributed by atoms with Crippen LogP contribution in [0, 0.1) is 6.92 Å². The summed E-state index contributed by atoms with van der Waals surface area (Å²) in [4.78, 5) is 18.3. The van der Waals surface area contributed by atoms with E-state index in [-0.39, 0.29) is 18.2 Å². The number of aryl methyl sites for hydroxylation is 1. The Morgan fingerprint density at radius 3 is 3.16 bits per heavy atom. The number of rotatable bonds is 4. The van der Waals surface area contributed by atoms with E-state index < -0.39 is 6.10 Å². The number of likely N-dealkylation sites (tertiary alicyclic amines) is 1. The highest BCUT2D eigenvalue weighted by Crippen LogP contribution is 2.26. The lowest BCUT2D eigenvalue weighted by atomic mass is 10.3. The predicted octanol–water partition coefficient (Wildman–Crippen LogP) is 2.38. The average Bonchev–Trinajstić information content (AvgIpc) is 3.30. The standard InChI is InChI=1S/C17H17N3O4S/c1-10-18-14-6-12(2-3-16(14)25-10)23-9-13-7-15(19-24-13)17(22)20-5-4-11(21)8-20/h2-3,6-7,11,21H,4-5,8-9H2,1H3/t11-/m0/s1. The lowest BCUT2D eigenvalue weighted by Crippen LogP contribution is -2.29. The van der Waals surface area contributed by atoms with Crippen LogP contribution < -0.4 is 4.74 Å². The zero-order chi connectivity index (χ0) is 17.4. The fourth-order valence-electron chi connectivity index (χ4n) is 2.84. The molecule has 25 heavy (non-hydrogen) atoms. The first kappa shape index (κ1) is 16.0. The largest absolute Gasteiger partial charge is 0.485 e. The number of fused-ring (bicyclic) bond motifs is 1. The van der Waals surface area contributed by atoms with Crippen LogP contribution in [0.5, 0.6) is 5.75 Å². The lowest BCUT2D eigenvalue weighted by molar-refractivity contribution is 0.0754. The van der Waals surface area contributed by atoms with Gasteiger partial charge in [-0.2, -0.15) is 0 Å². The van der Waals surface area contributed by atoms with Crippen LogP contribution in [0.15, 0.2) is 28.8 Å². The zero-order valence-electron chi connectivity index (χ0n) is 13.6. The number of ether oxygens (including phenoxy) is 1. The minimum absolute atomic E-state index is 0.178. The van der Waals surface area contributed by atoms with Gasteiger partial charge >= 0.3 is 0 Å². The molecule has 1 saturated heterocycles. The summed E-state index contributed by atoms with van der Waals surface area (Å²) in [6.45, 7) is 3.02. The molecule has 1 amide bonds. The molecule has 0 spiro atoms. The first-order valence-electron chi connectivity index (χ1n) is 8.01. The summed E-state index contributed by atoms with van der Waals surface area (Å²) in [5.74, 6) is 0.924. The van der Waals surface area contributed by atoms with Gasteiger partial charge in [-0.05, 0) is 25.5 Å². The third-order valence-electron chi connectivity index (χ3n) is 4.08. The molecule has 0 bridgehead atoms. The number of carbonyl (C=O) groups is 1. The maximum atomic E-state index is 12.3. The van der Waals surface area contributed by atoms with Gasteiger partial charge < -0.3 is 19.3 Å². The van der Waals surface area contributed by atoms with E-state index in [9.17, 15) is 9.90 Å². The summed E-state index contributed by atoms with van der Waals surface area (Å²) in [5.41, 5.74) is 1.14. The van der Waals surface area contributed by atoms with Crippen molar-refractivity contribution in [3.63, 3.8) is 0 Å². The van der Waals surface area contributed by atoms with Crippen molar-refractivity contribution in [3.8, 4) is 5.75 Å². The lowest BCUT2D eigenvalue weighted by Gasteiger charge is -2.12. The third-order valence-corrected chi connectivity index (χ3v) is 5.03. The van der Waals surface area contributed by atoms with Crippen LogP contribution in [-0.2, 0) is 6.61 Å². The van der Waals surface area contributed by atoms with Gasteiger partial charge in [-0.3, -0.25) is 4.79 Å². The van der Waals surface area contributed by atoms with Gasteiger partial charge in [0.1, 0.15) is 12.4 Å². The fraction of sp³-hybridized carbons (Fsp3) is 0.353. The van der Waals surface area contributed by atoms with Crippen molar-refractivity contribution < 1.29 is 19.2 Å². The number of aliphatic hydroxyl groups is 1. The van der Waals surface area contributed by atoms with Crippen LogP contribution >= 0.6 is 11.3 Å². The Morgan fingerprint density at radius 1 is 1.48 bits per heavy atom. The fourth-order valence-corrected chi connectivity index (χ4v) is 3.64. The SMILES string of the molecule is Cc1nc2cc(OCc3cc(C(=O)N4CC[C@H](O)C4)no3)ccc2s1. The van der Waals surface area contributed by atoms with E-state index in [1.165, 1.54) is 0 Å². The third kappa shape index (κ3) is 3.35. The molecule has 4 rings (SSSR count). The van der Waals surface area contributed by atoms with E-state index in [1.807, 2.05) is 25.1 Å². The van der Waals surface area contributed by atoms with Crippen LogP contribution in [0.1, 0.15) is 27.7 Å². The van der Waals surface area contributed by atoms with Crippen LogP contribution in [0.4, 0.5) is 0 Å². The first-order chi connectivity index (χ1) is 12.1. The quantitative estimate of drug-likeness (QED) is 0.769. The van der Waals surface area contributed by atoms with Gasteiger partial charge in [0, 0.05) is 25.2 Å². The van der Waals surface area contributed by atoms with Gasteiger partial charge in [-0.25, -0.2) is 4.98 Å². The number of aliphatic hydroxyl groups excluding tert-OH is 1. The van der Waals surface area contributed by atoms with E-state index in [1.54, 1.807) is 22.3 Å². The predicted molar refractivity (Wildman–Crippen MR) is 91.7 cm³/mol. The highest BCUT2D eigenvalue weighted by molar-refractivity contribution is 7.18. The van der Waals surface area contributed by atoms with E-state index in [0.717, 1.165) is 15.2 Å². The minimum atomic E-state index is -0.456. The molecule has 1 N–H and O–H groups in total. The summed E-state index contributed by atoms with van der Waals surface area (Å²) in [7, 11) is 0. The van der Waals surface area contributed by atoms with Crippen molar-refractivity contribution in [2.45, 2.75) is 26.1 Å². The molecule has 3 heterocycles. The Labute approximate surface area is 147 Å². The maximum Gasteiger partial charge on any atom is 0.276 e. The molecule has 0 aliphatic carbocycles. The molecule has 0 radical (unpaired) electrons. The van der Waals surface area contributed by atoms with Crippen molar-refractivity contribution in [2.24, 2.45) is 0 Å². The Balaban J connectivity index is 1.41. The number of thiazole rings is 1. The van der Waals surface area contributed by atoms with Crippen molar-refractivity contribution >= 4 is 27.5 Å². The van der Waals surface area contributed by atoms with E-state index in [4.69, 9.17) is 9.26 Å². The monoisotopic (exact) mass is 359 g/mol. The van der Waals surface area contributed by atoms with Crippen molar-refractivity contribution in [1.82, 2.24) is 15.0 Å². The van der Waals surface area contributed by atoms with E-state index >= 15 is 0 Å². The second-order valence-electron chi connectivity index (χ2n) is 6.02. The smallest absolute Gasteiger partial charge is 0.276 e. The number of hydrogen-bond donors (Lipinski definition) is 1. The van der Waals surface area contributed by atoms with Crippen molar-refractivity contribution in [3.05, 3.63) is 40.7 Å². The Morgan fingerprint density at radius 2 is 2.36 bits per heavy atom. The van der Waals surface area contributed by atoms with Gasteiger partial charge in [0.05, 0.1) is 21.3 Å². The molecule has 0 saturated carbocycles. The molecular weight excluding hydrogens is 342 g/mol. The summed E-state index contributed by atoms with van der Waals surface area (Å²) >= 11 is 1.64. The van der Waals surface area contributed by atoms with E-state index in [0.29, 0.717) is 31.0 Å². The number of carbonyl (C=O) groups excluding carboxylic acids is 1. The molecule has 7 nitrogen and oxygen atoms in total. The number of aromatic nitrogens is 2.